The lowest BCUT2D eigenvalue weighted by atomic mass is 10.1. The molecule has 0 atom stereocenters. The third-order valence-electron chi connectivity index (χ3n) is 3.62. The van der Waals surface area contributed by atoms with Gasteiger partial charge in [-0.1, -0.05) is 12.1 Å². The van der Waals surface area contributed by atoms with E-state index in [0.717, 1.165) is 4.88 Å². The molecule has 1 aromatic carbocycles. The summed E-state index contributed by atoms with van der Waals surface area (Å²) >= 11 is 1.45. The number of primary amides is 1. The van der Waals surface area contributed by atoms with E-state index >= 15 is 0 Å². The molecule has 2 aromatic rings. The van der Waals surface area contributed by atoms with Crippen molar-refractivity contribution in [2.45, 2.75) is 31.3 Å². The highest BCUT2D eigenvalue weighted by Crippen LogP contribution is 2.16. The van der Waals surface area contributed by atoms with Gasteiger partial charge in [0.15, 0.2) is 0 Å². The highest BCUT2D eigenvalue weighted by Gasteiger charge is 2.22. The van der Waals surface area contributed by atoms with Crippen LogP contribution in [0.2, 0.25) is 0 Å². The zero-order valence-electron chi connectivity index (χ0n) is 14.5. The van der Waals surface area contributed by atoms with Crippen molar-refractivity contribution in [1.82, 2.24) is 9.62 Å². The molecular formula is C17H21N3O4S2. The lowest BCUT2D eigenvalue weighted by Crippen LogP contribution is -2.42. The van der Waals surface area contributed by atoms with E-state index in [9.17, 15) is 18.0 Å². The van der Waals surface area contributed by atoms with E-state index in [1.54, 1.807) is 13.8 Å². The maximum absolute atomic E-state index is 12.7. The third kappa shape index (κ3) is 5.13. The number of rotatable bonds is 8. The molecular weight excluding hydrogens is 374 g/mol. The van der Waals surface area contributed by atoms with Crippen LogP contribution in [0.4, 0.5) is 0 Å². The minimum Gasteiger partial charge on any atom is -0.368 e. The Morgan fingerprint density at radius 3 is 2.54 bits per heavy atom. The number of nitrogens with two attached hydrogens (primary N) is 1. The molecule has 2 rings (SSSR count). The minimum atomic E-state index is -3.77. The average Bonchev–Trinajstić information content (AvgIpc) is 3.11. The first-order chi connectivity index (χ1) is 12.2. The zero-order valence-corrected chi connectivity index (χ0v) is 16.1. The van der Waals surface area contributed by atoms with Gasteiger partial charge in [0.2, 0.25) is 15.9 Å². The number of nitrogens with zero attached hydrogens (tertiary/aromatic N) is 1. The Morgan fingerprint density at radius 1 is 1.23 bits per heavy atom. The number of hydrogen-bond acceptors (Lipinski definition) is 5. The molecule has 0 aliphatic carbocycles. The molecule has 0 radical (unpaired) electrons. The molecule has 0 aliphatic heterocycles. The van der Waals surface area contributed by atoms with E-state index in [1.807, 2.05) is 17.5 Å². The van der Waals surface area contributed by atoms with Crippen LogP contribution in [0, 0.1) is 0 Å². The number of sulfonamides is 1. The van der Waals surface area contributed by atoms with Crippen molar-refractivity contribution >= 4 is 33.2 Å². The van der Waals surface area contributed by atoms with Crippen LogP contribution >= 0.6 is 11.3 Å². The maximum Gasteiger partial charge on any atom is 0.254 e. The SMILES string of the molecule is CC(C)N(CC(N)=O)C(=O)c1cccc(S(=O)(=O)NCc2cccs2)c1. The van der Waals surface area contributed by atoms with Crippen molar-refractivity contribution in [3.05, 3.63) is 52.2 Å². The number of carbonyl (C=O) groups is 2. The normalized spacial score (nSPS) is 11.5. The minimum absolute atomic E-state index is 0.0114. The molecule has 1 aromatic heterocycles. The van der Waals surface area contributed by atoms with Crippen molar-refractivity contribution in [3.63, 3.8) is 0 Å². The number of thiophene rings is 1. The van der Waals surface area contributed by atoms with Gasteiger partial charge in [0.25, 0.3) is 5.91 Å². The second kappa shape index (κ2) is 8.43. The molecule has 0 spiro atoms. The molecule has 26 heavy (non-hydrogen) atoms. The number of carbonyl (C=O) groups excluding carboxylic acids is 2. The van der Waals surface area contributed by atoms with Gasteiger partial charge in [-0.25, -0.2) is 13.1 Å². The van der Waals surface area contributed by atoms with E-state index < -0.39 is 21.8 Å². The van der Waals surface area contributed by atoms with Crippen molar-refractivity contribution in [1.29, 1.82) is 0 Å². The third-order valence-corrected chi connectivity index (χ3v) is 5.89. The molecule has 9 heteroatoms. The van der Waals surface area contributed by atoms with Gasteiger partial charge in [0.05, 0.1) is 11.4 Å². The zero-order chi connectivity index (χ0) is 19.3. The van der Waals surface area contributed by atoms with E-state index in [0.29, 0.717) is 0 Å². The summed E-state index contributed by atoms with van der Waals surface area (Å²) in [5, 5.41) is 1.86. The first-order valence-electron chi connectivity index (χ1n) is 7.92. The molecule has 3 N–H and O–H groups in total. The smallest absolute Gasteiger partial charge is 0.254 e. The van der Waals surface area contributed by atoms with Crippen LogP contribution in [0.15, 0.2) is 46.7 Å². The highest BCUT2D eigenvalue weighted by molar-refractivity contribution is 7.89. The van der Waals surface area contributed by atoms with Gasteiger partial charge in [-0.15, -0.1) is 11.3 Å². The maximum atomic E-state index is 12.7. The predicted molar refractivity (Wildman–Crippen MR) is 100 cm³/mol. The van der Waals surface area contributed by atoms with Gasteiger partial charge in [-0.2, -0.15) is 0 Å². The second-order valence-corrected chi connectivity index (χ2v) is 8.72. The molecule has 140 valence electrons. The molecule has 0 saturated heterocycles. The first-order valence-corrected chi connectivity index (χ1v) is 10.3. The van der Waals surface area contributed by atoms with Crippen molar-refractivity contribution in [3.8, 4) is 0 Å². The predicted octanol–water partition coefficient (Wildman–Crippen LogP) is 1.56. The van der Waals surface area contributed by atoms with Gasteiger partial charge >= 0.3 is 0 Å². The summed E-state index contributed by atoms with van der Waals surface area (Å²) in [6, 6.07) is 9.14. The van der Waals surface area contributed by atoms with E-state index in [-0.39, 0.29) is 29.6 Å². The Bertz CT molecular complexity index is 877. The summed E-state index contributed by atoms with van der Waals surface area (Å²) in [5.41, 5.74) is 5.37. The fraction of sp³-hybridized carbons (Fsp3) is 0.294. The van der Waals surface area contributed by atoms with Crippen molar-refractivity contribution in [2.75, 3.05) is 6.54 Å². The lowest BCUT2D eigenvalue weighted by molar-refractivity contribution is -0.119. The molecule has 0 fully saturated rings. The summed E-state index contributed by atoms with van der Waals surface area (Å²) in [5.74, 6) is -1.08. The van der Waals surface area contributed by atoms with Crippen LogP contribution < -0.4 is 10.5 Å². The quantitative estimate of drug-likeness (QED) is 0.707. The van der Waals surface area contributed by atoms with Gasteiger partial charge < -0.3 is 10.6 Å². The molecule has 7 nitrogen and oxygen atoms in total. The Morgan fingerprint density at radius 2 is 1.96 bits per heavy atom. The number of hydrogen-bond donors (Lipinski definition) is 2. The van der Waals surface area contributed by atoms with Gasteiger partial charge in [-0.05, 0) is 43.5 Å². The summed E-state index contributed by atoms with van der Waals surface area (Å²) in [7, 11) is -3.77. The van der Waals surface area contributed by atoms with Crippen LogP contribution in [0.1, 0.15) is 29.1 Å². The van der Waals surface area contributed by atoms with Crippen LogP contribution in [0.3, 0.4) is 0 Å². The van der Waals surface area contributed by atoms with E-state index in [4.69, 9.17) is 5.73 Å². The van der Waals surface area contributed by atoms with Crippen LogP contribution in [0.25, 0.3) is 0 Å². The highest BCUT2D eigenvalue weighted by atomic mass is 32.2. The molecule has 0 unspecified atom stereocenters. The van der Waals surface area contributed by atoms with Crippen LogP contribution in [-0.4, -0.2) is 37.7 Å². The fourth-order valence-electron chi connectivity index (χ4n) is 2.28. The van der Waals surface area contributed by atoms with Gasteiger partial charge in [-0.3, -0.25) is 9.59 Å². The Balaban J connectivity index is 2.22. The van der Waals surface area contributed by atoms with Crippen LogP contribution in [0.5, 0.6) is 0 Å². The molecule has 0 saturated carbocycles. The summed E-state index contributed by atoms with van der Waals surface area (Å²) in [6.45, 7) is 3.45. The second-order valence-electron chi connectivity index (χ2n) is 5.92. The fourth-order valence-corrected chi connectivity index (χ4v) is 4.07. The standard InChI is InChI=1S/C17H21N3O4S2/c1-12(2)20(11-16(18)21)17(22)13-5-3-7-15(9-13)26(23,24)19-10-14-6-4-8-25-14/h3-9,12,19H,10-11H2,1-2H3,(H2,18,21). The lowest BCUT2D eigenvalue weighted by Gasteiger charge is -2.25. The summed E-state index contributed by atoms with van der Waals surface area (Å²) in [4.78, 5) is 26.0. The summed E-state index contributed by atoms with van der Waals surface area (Å²) in [6.07, 6.45) is 0. The number of amides is 2. The van der Waals surface area contributed by atoms with Crippen LogP contribution in [-0.2, 0) is 21.4 Å². The molecule has 0 aliphatic rings. The van der Waals surface area contributed by atoms with E-state index in [2.05, 4.69) is 4.72 Å². The topological polar surface area (TPSA) is 110 Å². The van der Waals surface area contributed by atoms with Crippen molar-refractivity contribution < 1.29 is 18.0 Å². The monoisotopic (exact) mass is 395 g/mol. The Hall–Kier alpha value is -2.23. The number of nitrogens with one attached hydrogen (secondary N) is 1. The summed E-state index contributed by atoms with van der Waals surface area (Å²) < 4.78 is 27.5. The average molecular weight is 396 g/mol. The van der Waals surface area contributed by atoms with Crippen molar-refractivity contribution in [2.24, 2.45) is 5.73 Å². The Labute approximate surface area is 156 Å². The largest absolute Gasteiger partial charge is 0.368 e. The number of benzene rings is 1. The molecule has 2 amide bonds. The van der Waals surface area contributed by atoms with Gasteiger partial charge in [0, 0.05) is 23.0 Å². The van der Waals surface area contributed by atoms with Gasteiger partial charge in [0.1, 0.15) is 0 Å². The molecule has 0 bridgehead atoms. The first kappa shape index (κ1) is 20.1. The Kier molecular flexibility index (Phi) is 6.52. The van der Waals surface area contributed by atoms with E-state index in [1.165, 1.54) is 40.5 Å². The molecule has 1 heterocycles.